The van der Waals surface area contributed by atoms with Crippen LogP contribution in [0.1, 0.15) is 0 Å². The summed E-state index contributed by atoms with van der Waals surface area (Å²) in [6.07, 6.45) is 0. The number of hydrogen-bond donors (Lipinski definition) is 0. The lowest BCUT2D eigenvalue weighted by Crippen LogP contribution is -2.77. The summed E-state index contributed by atoms with van der Waals surface area (Å²) in [7, 11) is -3.12. The van der Waals surface area contributed by atoms with Gasteiger partial charge in [0.15, 0.2) is 25.5 Å². The fraction of sp³-hybridized carbons (Fsp3) is 0. The number of rotatable bonds is 4. The summed E-state index contributed by atoms with van der Waals surface area (Å²) < 4.78 is 16.2. The van der Waals surface area contributed by atoms with E-state index in [1.54, 1.807) is 0 Å². The molecule has 0 aliphatic carbocycles. The van der Waals surface area contributed by atoms with Crippen LogP contribution in [0.25, 0.3) is 61.7 Å². The zero-order chi connectivity index (χ0) is 38.2. The fourth-order valence-corrected chi connectivity index (χ4v) is 14.2. The van der Waals surface area contributed by atoms with Crippen LogP contribution in [0.2, 0.25) is 0 Å². The lowest BCUT2D eigenvalue weighted by Gasteiger charge is -2.43. The molecule has 6 nitrogen and oxygen atoms in total. The molecule has 0 bridgehead atoms. The quantitative estimate of drug-likeness (QED) is 0.167. The van der Waals surface area contributed by atoms with E-state index in [0.717, 1.165) is 66.8 Å². The van der Waals surface area contributed by atoms with Crippen molar-refractivity contribution >= 4 is 50.6 Å². The van der Waals surface area contributed by atoms with Gasteiger partial charge >= 0.3 is 0 Å². The molecule has 1 unspecified atom stereocenters. The van der Waals surface area contributed by atoms with Crippen LogP contribution >= 0.6 is 0 Å². The van der Waals surface area contributed by atoms with Gasteiger partial charge in [-0.2, -0.15) is 0 Å². The maximum atomic E-state index is 6.99. The molecule has 4 heterocycles. The van der Waals surface area contributed by atoms with Crippen molar-refractivity contribution in [3.63, 3.8) is 0 Å². The van der Waals surface area contributed by atoms with Gasteiger partial charge in [0, 0.05) is 39.2 Å². The van der Waals surface area contributed by atoms with Crippen LogP contribution in [0, 0.1) is 0 Å². The molecule has 2 aliphatic rings. The van der Waals surface area contributed by atoms with Crippen LogP contribution in [0.15, 0.2) is 194 Å². The summed E-state index contributed by atoms with van der Waals surface area (Å²) in [5.41, 5.74) is 6.09. The molecule has 0 amide bonds. The molecule has 0 radical (unpaired) electrons. The van der Waals surface area contributed by atoms with Gasteiger partial charge in [-0.05, 0) is 69.3 Å². The van der Waals surface area contributed by atoms with Gasteiger partial charge in [-0.3, -0.25) is 0 Å². The predicted octanol–water partition coefficient (Wildman–Crippen LogP) is 9.56. The highest BCUT2D eigenvalue weighted by Gasteiger charge is 2.53. The van der Waals surface area contributed by atoms with E-state index in [-0.39, 0.29) is 0 Å². The third-order valence-corrected chi connectivity index (χ3v) is 16.4. The Labute approximate surface area is 335 Å². The van der Waals surface area contributed by atoms with Crippen molar-refractivity contribution in [2.75, 3.05) is 0 Å². The Morgan fingerprint density at radius 1 is 0.345 bits per heavy atom. The largest absolute Gasteiger partial charge is 0.458 e. The Bertz CT molecular complexity index is 3130. The number of para-hydroxylation sites is 4. The summed E-state index contributed by atoms with van der Waals surface area (Å²) in [6.45, 7) is 0. The monoisotopic (exact) mass is 760 g/mol. The van der Waals surface area contributed by atoms with Gasteiger partial charge in [-0.25, -0.2) is 15.0 Å². The maximum absolute atomic E-state index is 6.99. The minimum Gasteiger partial charge on any atom is -0.458 e. The van der Waals surface area contributed by atoms with Crippen molar-refractivity contribution < 1.29 is 9.47 Å². The molecule has 8 aromatic carbocycles. The molecule has 58 heavy (non-hydrogen) atoms. The predicted molar refractivity (Wildman–Crippen MR) is 234 cm³/mol. The Balaban J connectivity index is 1.12. The van der Waals surface area contributed by atoms with E-state index in [4.69, 9.17) is 24.4 Å². The molecule has 7 heteroatoms. The zero-order valence-corrected chi connectivity index (χ0v) is 32.1. The molecule has 1 atom stereocenters. The molecule has 272 valence electrons. The summed E-state index contributed by atoms with van der Waals surface area (Å²) in [5.74, 6) is 5.22. The topological polar surface area (TPSA) is 62.1 Å². The molecule has 0 saturated heterocycles. The summed E-state index contributed by atoms with van der Waals surface area (Å²) in [4.78, 5) is 15.2. The van der Waals surface area contributed by atoms with Crippen molar-refractivity contribution in [1.82, 2.24) is 19.5 Å². The first-order valence-corrected chi connectivity index (χ1v) is 21.4. The Hall–Kier alpha value is -7.61. The number of aromatic nitrogens is 4. The Morgan fingerprint density at radius 2 is 0.810 bits per heavy atom. The minimum absolute atomic E-state index is 0.598. The minimum atomic E-state index is -3.12. The van der Waals surface area contributed by atoms with Gasteiger partial charge in [0.2, 0.25) is 0 Å². The third kappa shape index (κ3) is 4.80. The first kappa shape index (κ1) is 32.6. The lowest BCUT2D eigenvalue weighted by atomic mass is 10.1. The average molecular weight is 761 g/mol. The maximum Gasteiger partial charge on any atom is 0.196 e. The molecular weight excluding hydrogens is 729 g/mol. The molecule has 0 fully saturated rings. The second-order valence-corrected chi connectivity index (χ2v) is 18.4. The number of benzene rings is 8. The first-order valence-electron chi connectivity index (χ1n) is 19.4. The summed E-state index contributed by atoms with van der Waals surface area (Å²) >= 11 is 0. The highest BCUT2D eigenvalue weighted by molar-refractivity contribution is 7.21. The van der Waals surface area contributed by atoms with Gasteiger partial charge < -0.3 is 14.0 Å². The molecule has 12 rings (SSSR count). The summed E-state index contributed by atoms with van der Waals surface area (Å²) in [6, 6.07) is 67.7. The van der Waals surface area contributed by atoms with Gasteiger partial charge in [0.1, 0.15) is 23.0 Å². The smallest absolute Gasteiger partial charge is 0.196 e. The van der Waals surface area contributed by atoms with E-state index >= 15 is 0 Å². The SMILES string of the molecule is c1ccc(-c2nc(-c3ccccc3)nc(-c3ccc4c(c3)[Si]3(c5ccccc5Oc5cc(-n6c7ccccc7c7ccccc76)ccc53)c3ccccc3O4)n2)cc1. The van der Waals surface area contributed by atoms with E-state index in [9.17, 15) is 0 Å². The van der Waals surface area contributed by atoms with Gasteiger partial charge in [-0.1, -0.05) is 140 Å². The standard InChI is InChI=1S/C51H32N4O2Si/c1-3-15-33(16-4-1)49-52-50(34-17-5-2-6-18-34)54-51(53-49)35-27-29-43-48(31-35)58(45-25-13-11-23-41(45)56-43)46-26-14-12-24-42(46)57-44-32-36(28-30-47(44)58)55-39-21-9-7-19-37(39)38-20-8-10-22-40(38)55/h1-32H. The first-order chi connectivity index (χ1) is 28.7. The van der Waals surface area contributed by atoms with Crippen molar-refractivity contribution in [3.05, 3.63) is 194 Å². The van der Waals surface area contributed by atoms with Crippen molar-refractivity contribution in [3.8, 4) is 62.8 Å². The van der Waals surface area contributed by atoms with Crippen molar-refractivity contribution in [1.29, 1.82) is 0 Å². The highest BCUT2D eigenvalue weighted by Crippen LogP contribution is 2.39. The molecule has 10 aromatic rings. The van der Waals surface area contributed by atoms with E-state index in [2.05, 4.69) is 138 Å². The van der Waals surface area contributed by atoms with Crippen LogP contribution in [0.5, 0.6) is 23.0 Å². The van der Waals surface area contributed by atoms with E-state index in [1.807, 2.05) is 60.7 Å². The molecule has 0 N–H and O–H groups in total. The highest BCUT2D eigenvalue weighted by atomic mass is 28.3. The van der Waals surface area contributed by atoms with E-state index in [1.165, 1.54) is 21.1 Å². The number of nitrogens with zero attached hydrogens (tertiary/aromatic N) is 4. The number of hydrogen-bond acceptors (Lipinski definition) is 5. The van der Waals surface area contributed by atoms with Crippen LogP contribution in [0.3, 0.4) is 0 Å². The molecule has 1 spiro atoms. The van der Waals surface area contributed by atoms with Gasteiger partial charge in [0.05, 0.1) is 11.0 Å². The van der Waals surface area contributed by atoms with E-state index in [0.29, 0.717) is 17.5 Å². The number of ether oxygens (including phenoxy) is 2. The zero-order valence-electron chi connectivity index (χ0n) is 31.1. The molecular formula is C51H32N4O2Si. The van der Waals surface area contributed by atoms with Gasteiger partial charge in [0.25, 0.3) is 0 Å². The molecule has 2 aliphatic heterocycles. The number of fused-ring (bicyclic) bond motifs is 11. The summed E-state index contributed by atoms with van der Waals surface area (Å²) in [5, 5.41) is 7.07. The van der Waals surface area contributed by atoms with Crippen LogP contribution in [-0.4, -0.2) is 27.6 Å². The van der Waals surface area contributed by atoms with Crippen molar-refractivity contribution in [2.24, 2.45) is 0 Å². The Kier molecular flexibility index (Phi) is 7.15. The molecule has 0 saturated carbocycles. The van der Waals surface area contributed by atoms with Crippen molar-refractivity contribution in [2.45, 2.75) is 0 Å². The normalized spacial score (nSPS) is 14.9. The second-order valence-electron chi connectivity index (χ2n) is 14.7. The second kappa shape index (κ2) is 12.7. The van der Waals surface area contributed by atoms with Crippen LogP contribution < -0.4 is 30.2 Å². The third-order valence-electron chi connectivity index (χ3n) is 11.6. The Morgan fingerprint density at radius 3 is 1.41 bits per heavy atom. The van der Waals surface area contributed by atoms with Gasteiger partial charge in [-0.15, -0.1) is 0 Å². The molecule has 2 aromatic heterocycles. The fourth-order valence-electron chi connectivity index (χ4n) is 9.07. The van der Waals surface area contributed by atoms with Crippen LogP contribution in [0.4, 0.5) is 0 Å². The average Bonchev–Trinajstić information content (AvgIpc) is 3.63. The van der Waals surface area contributed by atoms with E-state index < -0.39 is 8.07 Å². The van der Waals surface area contributed by atoms with Crippen LogP contribution in [-0.2, 0) is 0 Å². The lowest BCUT2D eigenvalue weighted by molar-refractivity contribution is 0.481.